The third-order valence-corrected chi connectivity index (χ3v) is 2.62. The van der Waals surface area contributed by atoms with Crippen molar-refractivity contribution >= 4 is 39.2 Å². The van der Waals surface area contributed by atoms with Crippen molar-refractivity contribution in [3.05, 3.63) is 44.9 Å². The minimum Gasteiger partial charge on any atom is -0.384 e. The number of anilines is 2. The number of halogens is 1. The number of nitrogen functional groups attached to an aromatic ring is 1. The summed E-state index contributed by atoms with van der Waals surface area (Å²) in [6, 6.07) is 1.12. The Balaban J connectivity index is 2.31. The van der Waals surface area contributed by atoms with Gasteiger partial charge < -0.3 is 11.1 Å². The third kappa shape index (κ3) is 3.03. The Hall–Kier alpha value is -2.62. The summed E-state index contributed by atoms with van der Waals surface area (Å²) in [5.41, 5.74) is 4.79. The maximum Gasteiger partial charge on any atom is 0.300 e. The van der Waals surface area contributed by atoms with E-state index in [0.717, 1.165) is 12.3 Å². The van der Waals surface area contributed by atoms with Gasteiger partial charge in [0.25, 0.3) is 11.6 Å². The summed E-state index contributed by atoms with van der Waals surface area (Å²) < 4.78 is 0.495. The van der Waals surface area contributed by atoms with E-state index in [1.807, 2.05) is 0 Å². The zero-order valence-corrected chi connectivity index (χ0v) is 11.4. The van der Waals surface area contributed by atoms with E-state index in [1.165, 1.54) is 12.4 Å². The third-order valence-electron chi connectivity index (χ3n) is 2.21. The van der Waals surface area contributed by atoms with E-state index in [1.54, 1.807) is 0 Å². The molecule has 0 saturated carbocycles. The van der Waals surface area contributed by atoms with Crippen LogP contribution in [0.1, 0.15) is 10.4 Å². The first-order valence-corrected chi connectivity index (χ1v) is 5.95. The Morgan fingerprint density at radius 2 is 2.05 bits per heavy atom. The molecule has 0 aliphatic heterocycles. The van der Waals surface area contributed by atoms with Crippen LogP contribution in [-0.2, 0) is 0 Å². The highest BCUT2D eigenvalue weighted by Gasteiger charge is 2.21. The van der Waals surface area contributed by atoms with Gasteiger partial charge in [-0.05, 0) is 22.0 Å². The molecule has 0 aliphatic rings. The average molecular weight is 339 g/mol. The molecule has 0 unspecified atom stereocenters. The molecule has 2 aromatic heterocycles. The predicted octanol–water partition coefficient (Wildman–Crippen LogP) is 1.38. The van der Waals surface area contributed by atoms with Crippen LogP contribution in [0.3, 0.4) is 0 Å². The molecule has 0 spiro atoms. The summed E-state index contributed by atoms with van der Waals surface area (Å²) in [7, 11) is 0. The number of nitro groups is 1. The minimum atomic E-state index is -0.720. The van der Waals surface area contributed by atoms with Gasteiger partial charge >= 0.3 is 0 Å². The lowest BCUT2D eigenvalue weighted by atomic mass is 10.2. The summed E-state index contributed by atoms with van der Waals surface area (Å²) in [6.07, 6.45) is 3.61. The van der Waals surface area contributed by atoms with Crippen LogP contribution in [0, 0.1) is 10.1 Å². The van der Waals surface area contributed by atoms with Gasteiger partial charge in [-0.3, -0.25) is 14.9 Å². The van der Waals surface area contributed by atoms with Gasteiger partial charge in [0.1, 0.15) is 22.2 Å². The van der Waals surface area contributed by atoms with Crippen molar-refractivity contribution in [2.75, 3.05) is 11.1 Å². The van der Waals surface area contributed by atoms with Crippen molar-refractivity contribution < 1.29 is 9.72 Å². The number of amides is 1. The molecule has 9 nitrogen and oxygen atoms in total. The SMILES string of the molecule is Nc1cc(C(=O)Nc2cnc(Br)cn2)c([N+](=O)[O-])cn1. The summed E-state index contributed by atoms with van der Waals surface area (Å²) in [5, 5.41) is 13.2. The Bertz CT molecular complexity index is 675. The summed E-state index contributed by atoms with van der Waals surface area (Å²) >= 11 is 3.10. The predicted molar refractivity (Wildman–Crippen MR) is 73.0 cm³/mol. The van der Waals surface area contributed by atoms with Crippen molar-refractivity contribution in [1.82, 2.24) is 15.0 Å². The van der Waals surface area contributed by atoms with Gasteiger partial charge in [-0.2, -0.15) is 0 Å². The van der Waals surface area contributed by atoms with Crippen LogP contribution in [0.25, 0.3) is 0 Å². The Kier molecular flexibility index (Phi) is 3.84. The Morgan fingerprint density at radius 1 is 1.30 bits per heavy atom. The number of aromatic nitrogens is 3. The number of carbonyl (C=O) groups is 1. The van der Waals surface area contributed by atoms with Crippen molar-refractivity contribution in [3.63, 3.8) is 0 Å². The standard InChI is InChI=1S/C10H7BrN6O3/c11-7-3-15-9(4-13-7)16-10(18)5-1-8(12)14-2-6(5)17(19)20/h1-4H,(H2,12,14)(H,15,16,18). The van der Waals surface area contributed by atoms with E-state index in [2.05, 4.69) is 36.2 Å². The van der Waals surface area contributed by atoms with Crippen LogP contribution >= 0.6 is 15.9 Å². The lowest BCUT2D eigenvalue weighted by molar-refractivity contribution is -0.385. The second kappa shape index (κ2) is 5.57. The molecule has 10 heteroatoms. The average Bonchev–Trinajstić information content (AvgIpc) is 2.41. The van der Waals surface area contributed by atoms with Gasteiger partial charge in [0, 0.05) is 0 Å². The summed E-state index contributed by atoms with van der Waals surface area (Å²) in [6.45, 7) is 0. The zero-order valence-electron chi connectivity index (χ0n) is 9.78. The fourth-order valence-electron chi connectivity index (χ4n) is 1.35. The molecule has 0 aliphatic carbocycles. The lowest BCUT2D eigenvalue weighted by Crippen LogP contribution is -2.15. The first kappa shape index (κ1) is 13.8. The fraction of sp³-hybridized carbons (Fsp3) is 0. The molecule has 102 valence electrons. The Labute approximate surface area is 120 Å². The maximum atomic E-state index is 12.0. The highest BCUT2D eigenvalue weighted by Crippen LogP contribution is 2.20. The number of carbonyl (C=O) groups excluding carboxylic acids is 1. The molecule has 0 aromatic carbocycles. The summed E-state index contributed by atoms with van der Waals surface area (Å²) in [5.74, 6) is -0.562. The number of nitrogens with two attached hydrogens (primary N) is 1. The molecule has 3 N–H and O–H groups in total. The van der Waals surface area contributed by atoms with E-state index < -0.39 is 16.5 Å². The highest BCUT2D eigenvalue weighted by molar-refractivity contribution is 9.10. The largest absolute Gasteiger partial charge is 0.384 e. The van der Waals surface area contributed by atoms with E-state index in [9.17, 15) is 14.9 Å². The van der Waals surface area contributed by atoms with Crippen LogP contribution in [0.5, 0.6) is 0 Å². The monoisotopic (exact) mass is 338 g/mol. The number of pyridine rings is 1. The minimum absolute atomic E-state index is 0.00244. The van der Waals surface area contributed by atoms with Crippen molar-refractivity contribution in [1.29, 1.82) is 0 Å². The van der Waals surface area contributed by atoms with Crippen molar-refractivity contribution in [2.45, 2.75) is 0 Å². The molecule has 2 heterocycles. The molecule has 0 bridgehead atoms. The number of hydrogen-bond donors (Lipinski definition) is 2. The molecule has 1 amide bonds. The number of nitrogens with zero attached hydrogens (tertiary/aromatic N) is 4. The van der Waals surface area contributed by atoms with E-state index in [4.69, 9.17) is 5.73 Å². The van der Waals surface area contributed by atoms with E-state index in [0.29, 0.717) is 4.60 Å². The normalized spacial score (nSPS) is 10.1. The lowest BCUT2D eigenvalue weighted by Gasteiger charge is -2.05. The molecule has 0 saturated heterocycles. The molecule has 2 aromatic rings. The van der Waals surface area contributed by atoms with Gasteiger partial charge in [-0.1, -0.05) is 0 Å². The van der Waals surface area contributed by atoms with Gasteiger partial charge in [0.15, 0.2) is 5.82 Å². The first-order valence-electron chi connectivity index (χ1n) is 5.16. The molecule has 20 heavy (non-hydrogen) atoms. The van der Waals surface area contributed by atoms with Crippen LogP contribution < -0.4 is 11.1 Å². The maximum absolute atomic E-state index is 12.0. The zero-order chi connectivity index (χ0) is 14.7. The van der Waals surface area contributed by atoms with Crippen LogP contribution in [0.15, 0.2) is 29.3 Å². The van der Waals surface area contributed by atoms with Gasteiger partial charge in [-0.15, -0.1) is 0 Å². The number of rotatable bonds is 3. The van der Waals surface area contributed by atoms with Crippen LogP contribution in [0.4, 0.5) is 17.3 Å². The smallest absolute Gasteiger partial charge is 0.300 e. The van der Waals surface area contributed by atoms with Gasteiger partial charge in [0.2, 0.25) is 0 Å². The second-order valence-corrected chi connectivity index (χ2v) is 4.37. The molecule has 0 radical (unpaired) electrons. The number of nitrogens with one attached hydrogen (secondary N) is 1. The molecule has 2 rings (SSSR count). The highest BCUT2D eigenvalue weighted by atomic mass is 79.9. The van der Waals surface area contributed by atoms with Crippen molar-refractivity contribution in [3.8, 4) is 0 Å². The van der Waals surface area contributed by atoms with Crippen molar-refractivity contribution in [2.24, 2.45) is 0 Å². The molecule has 0 atom stereocenters. The van der Waals surface area contributed by atoms with Gasteiger partial charge in [0.05, 0.1) is 17.3 Å². The summed E-state index contributed by atoms with van der Waals surface area (Å²) in [4.78, 5) is 33.5. The first-order chi connectivity index (χ1) is 9.47. The Morgan fingerprint density at radius 3 is 2.65 bits per heavy atom. The molecule has 0 fully saturated rings. The van der Waals surface area contributed by atoms with Crippen LogP contribution in [-0.4, -0.2) is 25.8 Å². The second-order valence-electron chi connectivity index (χ2n) is 3.56. The molecular formula is C10H7BrN6O3. The topological polar surface area (TPSA) is 137 Å². The number of hydrogen-bond acceptors (Lipinski definition) is 7. The van der Waals surface area contributed by atoms with E-state index >= 15 is 0 Å². The fourth-order valence-corrected chi connectivity index (χ4v) is 1.56. The van der Waals surface area contributed by atoms with Gasteiger partial charge in [-0.25, -0.2) is 15.0 Å². The van der Waals surface area contributed by atoms with E-state index in [-0.39, 0.29) is 17.2 Å². The van der Waals surface area contributed by atoms with Crippen LogP contribution in [0.2, 0.25) is 0 Å². The molecular weight excluding hydrogens is 332 g/mol. The quantitative estimate of drug-likeness (QED) is 0.636.